The minimum absolute atomic E-state index is 0.244. The summed E-state index contributed by atoms with van der Waals surface area (Å²) in [6.45, 7) is -0.742. The molecule has 0 atom stereocenters. The van der Waals surface area contributed by atoms with Crippen LogP contribution in [0.4, 0.5) is 5.82 Å². The van der Waals surface area contributed by atoms with Crippen LogP contribution >= 0.6 is 11.6 Å². The Morgan fingerprint density at radius 2 is 1.95 bits per heavy atom. The Morgan fingerprint density at radius 3 is 2.62 bits per heavy atom. The molecule has 0 saturated heterocycles. The number of rotatable bonds is 6. The second-order valence-corrected chi connectivity index (χ2v) is 4.27. The number of esters is 1. The fraction of sp³-hybridized carbons (Fsp3) is 0.154. The molecular weight excluding hydrogens is 300 g/mol. The van der Waals surface area contributed by atoms with E-state index in [1.807, 2.05) is 0 Å². The van der Waals surface area contributed by atoms with Crippen molar-refractivity contribution in [3.05, 3.63) is 41.6 Å². The number of anilines is 1. The number of carbonyl (C=O) groups is 2. The number of amides is 1. The van der Waals surface area contributed by atoms with Crippen LogP contribution in [-0.2, 0) is 14.3 Å². The zero-order chi connectivity index (χ0) is 15.1. The first-order valence-corrected chi connectivity index (χ1v) is 6.25. The van der Waals surface area contributed by atoms with Crippen molar-refractivity contribution in [1.29, 1.82) is 0 Å². The lowest BCUT2D eigenvalue weighted by Gasteiger charge is -2.06. The van der Waals surface area contributed by atoms with Crippen LogP contribution in [-0.4, -0.2) is 30.2 Å². The molecule has 0 unspecified atom stereocenters. The molecule has 1 amide bonds. The summed E-state index contributed by atoms with van der Waals surface area (Å²) in [5.41, 5.74) is 0. The van der Waals surface area contributed by atoms with Gasteiger partial charge in [0.1, 0.15) is 12.0 Å². The Balaban J connectivity index is 1.67. The maximum absolute atomic E-state index is 11.4. The molecule has 0 aliphatic rings. The van der Waals surface area contributed by atoms with Crippen molar-refractivity contribution in [3.8, 4) is 5.75 Å². The molecule has 2 aromatic rings. The van der Waals surface area contributed by atoms with Gasteiger partial charge in [-0.3, -0.25) is 4.79 Å². The van der Waals surface area contributed by atoms with Crippen molar-refractivity contribution in [1.82, 2.24) is 5.16 Å². The summed E-state index contributed by atoms with van der Waals surface area (Å²) in [6, 6.07) is 7.96. The van der Waals surface area contributed by atoms with Gasteiger partial charge in [-0.1, -0.05) is 16.8 Å². The lowest BCUT2D eigenvalue weighted by atomic mass is 10.3. The quantitative estimate of drug-likeness (QED) is 0.819. The summed E-state index contributed by atoms with van der Waals surface area (Å²) in [5.74, 6) is -0.471. The molecule has 2 rings (SSSR count). The molecule has 0 aliphatic carbocycles. The third kappa shape index (κ3) is 5.15. The molecule has 0 saturated carbocycles. The number of aromatic nitrogens is 1. The number of ether oxygens (including phenoxy) is 2. The summed E-state index contributed by atoms with van der Waals surface area (Å²) < 4.78 is 14.4. The van der Waals surface area contributed by atoms with E-state index in [0.717, 1.165) is 0 Å². The highest BCUT2D eigenvalue weighted by molar-refractivity contribution is 6.30. The van der Waals surface area contributed by atoms with Crippen molar-refractivity contribution >= 4 is 29.3 Å². The molecule has 1 aromatic heterocycles. The van der Waals surface area contributed by atoms with Crippen LogP contribution in [0.3, 0.4) is 0 Å². The van der Waals surface area contributed by atoms with E-state index in [0.29, 0.717) is 10.8 Å². The molecule has 110 valence electrons. The Kier molecular flexibility index (Phi) is 5.16. The second-order valence-electron chi connectivity index (χ2n) is 3.84. The fourth-order valence-corrected chi connectivity index (χ4v) is 1.44. The Hall–Kier alpha value is -2.54. The van der Waals surface area contributed by atoms with Gasteiger partial charge in [-0.2, -0.15) is 0 Å². The zero-order valence-corrected chi connectivity index (χ0v) is 11.5. The number of nitrogens with zero attached hydrogens (tertiary/aromatic N) is 1. The van der Waals surface area contributed by atoms with Crippen LogP contribution in [0.2, 0.25) is 5.02 Å². The number of hydrogen-bond acceptors (Lipinski definition) is 6. The average molecular weight is 311 g/mol. The maximum Gasteiger partial charge on any atom is 0.344 e. The third-order valence-corrected chi connectivity index (χ3v) is 2.49. The molecule has 21 heavy (non-hydrogen) atoms. The third-order valence-electron chi connectivity index (χ3n) is 2.24. The predicted molar refractivity (Wildman–Crippen MR) is 73.0 cm³/mol. The fourth-order valence-electron chi connectivity index (χ4n) is 1.32. The van der Waals surface area contributed by atoms with Crippen molar-refractivity contribution < 1.29 is 23.6 Å². The van der Waals surface area contributed by atoms with Gasteiger partial charge in [-0.25, -0.2) is 4.79 Å². The molecule has 0 fully saturated rings. The first-order chi connectivity index (χ1) is 10.1. The highest BCUT2D eigenvalue weighted by Gasteiger charge is 2.09. The molecule has 0 radical (unpaired) electrons. The van der Waals surface area contributed by atoms with E-state index >= 15 is 0 Å². The van der Waals surface area contributed by atoms with Gasteiger partial charge in [-0.05, 0) is 24.3 Å². The molecule has 8 heteroatoms. The van der Waals surface area contributed by atoms with Crippen LogP contribution in [0, 0.1) is 0 Å². The normalized spacial score (nSPS) is 9.95. The molecule has 1 aromatic carbocycles. The summed E-state index contributed by atoms with van der Waals surface area (Å²) in [6.07, 6.45) is 1.31. The number of carbonyl (C=O) groups excluding carboxylic acids is 2. The SMILES string of the molecule is O=C(COC(=O)COc1ccc(Cl)cc1)Nc1ccon1. The van der Waals surface area contributed by atoms with E-state index < -0.39 is 18.5 Å². The van der Waals surface area contributed by atoms with E-state index in [1.54, 1.807) is 24.3 Å². The molecule has 1 N–H and O–H groups in total. The van der Waals surface area contributed by atoms with E-state index in [1.165, 1.54) is 12.3 Å². The lowest BCUT2D eigenvalue weighted by molar-refractivity contribution is -0.149. The monoisotopic (exact) mass is 310 g/mol. The summed E-state index contributed by atoms with van der Waals surface area (Å²) >= 11 is 5.71. The minimum Gasteiger partial charge on any atom is -0.482 e. The first-order valence-electron chi connectivity index (χ1n) is 5.88. The van der Waals surface area contributed by atoms with Gasteiger partial charge < -0.3 is 19.3 Å². The smallest absolute Gasteiger partial charge is 0.344 e. The summed E-state index contributed by atoms with van der Waals surface area (Å²) in [5, 5.41) is 6.43. The van der Waals surface area contributed by atoms with Crippen LogP contribution < -0.4 is 10.1 Å². The van der Waals surface area contributed by atoms with Crippen molar-refractivity contribution in [2.75, 3.05) is 18.5 Å². The highest BCUT2D eigenvalue weighted by Crippen LogP contribution is 2.15. The molecular formula is C13H11ClN2O5. The molecule has 7 nitrogen and oxygen atoms in total. The topological polar surface area (TPSA) is 90.7 Å². The minimum atomic E-state index is -0.666. The zero-order valence-electron chi connectivity index (χ0n) is 10.7. The first kappa shape index (κ1) is 14.9. The van der Waals surface area contributed by atoms with Crippen molar-refractivity contribution in [3.63, 3.8) is 0 Å². The highest BCUT2D eigenvalue weighted by atomic mass is 35.5. The van der Waals surface area contributed by atoms with Gasteiger partial charge in [0.05, 0.1) is 0 Å². The van der Waals surface area contributed by atoms with Gasteiger partial charge in [0.25, 0.3) is 5.91 Å². The number of benzene rings is 1. The summed E-state index contributed by atoms with van der Waals surface area (Å²) in [7, 11) is 0. The van der Waals surface area contributed by atoms with Crippen LogP contribution in [0.15, 0.2) is 41.1 Å². The molecule has 0 bridgehead atoms. The largest absolute Gasteiger partial charge is 0.482 e. The van der Waals surface area contributed by atoms with Crippen LogP contribution in [0.1, 0.15) is 0 Å². The van der Waals surface area contributed by atoms with Gasteiger partial charge in [0.2, 0.25) is 0 Å². The number of nitrogens with one attached hydrogen (secondary N) is 1. The Bertz CT molecular complexity index is 598. The average Bonchev–Trinajstić information content (AvgIpc) is 2.97. The van der Waals surface area contributed by atoms with E-state index in [9.17, 15) is 9.59 Å². The van der Waals surface area contributed by atoms with E-state index in [2.05, 4.69) is 15.0 Å². The predicted octanol–water partition coefficient (Wildman–Crippen LogP) is 1.89. The molecule has 1 heterocycles. The van der Waals surface area contributed by atoms with E-state index in [4.69, 9.17) is 21.1 Å². The standard InChI is InChI=1S/C13H11ClN2O5/c14-9-1-3-10(4-2-9)19-8-13(18)20-7-12(17)15-11-5-6-21-16-11/h1-6H,7-8H2,(H,15,16,17). The Morgan fingerprint density at radius 1 is 1.19 bits per heavy atom. The summed E-state index contributed by atoms with van der Waals surface area (Å²) in [4.78, 5) is 22.8. The maximum atomic E-state index is 11.4. The lowest BCUT2D eigenvalue weighted by Crippen LogP contribution is -2.23. The van der Waals surface area contributed by atoms with Gasteiger partial charge in [-0.15, -0.1) is 0 Å². The number of hydrogen-bond donors (Lipinski definition) is 1. The van der Waals surface area contributed by atoms with Gasteiger partial charge >= 0.3 is 5.97 Å². The number of halogens is 1. The van der Waals surface area contributed by atoms with Gasteiger partial charge in [0, 0.05) is 11.1 Å². The van der Waals surface area contributed by atoms with Crippen molar-refractivity contribution in [2.24, 2.45) is 0 Å². The van der Waals surface area contributed by atoms with Crippen LogP contribution in [0.5, 0.6) is 5.75 Å². The van der Waals surface area contributed by atoms with Crippen LogP contribution in [0.25, 0.3) is 0 Å². The molecule has 0 spiro atoms. The Labute approximate surface area is 124 Å². The molecule has 0 aliphatic heterocycles. The second kappa shape index (κ2) is 7.30. The van der Waals surface area contributed by atoms with Crippen molar-refractivity contribution in [2.45, 2.75) is 0 Å². The van der Waals surface area contributed by atoms with E-state index in [-0.39, 0.29) is 12.4 Å². The van der Waals surface area contributed by atoms with Gasteiger partial charge in [0.15, 0.2) is 19.0 Å².